The fourth-order valence-electron chi connectivity index (χ4n) is 2.56. The number of halogens is 1. The van der Waals surface area contributed by atoms with Gasteiger partial charge < -0.3 is 10.0 Å². The van der Waals surface area contributed by atoms with Gasteiger partial charge in [0.05, 0.1) is 6.61 Å². The Balaban J connectivity index is 2.20. The Morgan fingerprint density at radius 1 is 1.32 bits per heavy atom. The van der Waals surface area contributed by atoms with Gasteiger partial charge in [-0.25, -0.2) is 4.39 Å². The summed E-state index contributed by atoms with van der Waals surface area (Å²) >= 11 is 0. The minimum atomic E-state index is -0.296. The summed E-state index contributed by atoms with van der Waals surface area (Å²) in [6, 6.07) is 4.63. The highest BCUT2D eigenvalue weighted by atomic mass is 19.1. The maximum absolute atomic E-state index is 13.2. The molecule has 1 N–H and O–H groups in total. The van der Waals surface area contributed by atoms with Crippen molar-refractivity contribution in [1.29, 1.82) is 0 Å². The number of aliphatic hydroxyl groups excluding tert-OH is 1. The molecule has 0 bridgehead atoms. The number of hydrogen-bond acceptors (Lipinski definition) is 2. The molecule has 0 radical (unpaired) electrons. The lowest BCUT2D eigenvalue weighted by molar-refractivity contribution is 0.281. The van der Waals surface area contributed by atoms with E-state index >= 15 is 0 Å². The third-order valence-electron chi connectivity index (χ3n) is 3.73. The molecule has 1 aromatic rings. The molecular formula is C16H22FNO. The van der Waals surface area contributed by atoms with Crippen molar-refractivity contribution >= 4 is 5.69 Å². The number of anilines is 1. The first-order valence-corrected chi connectivity index (χ1v) is 6.75. The number of rotatable bonds is 2. The molecule has 0 unspecified atom stereocenters. The average molecular weight is 263 g/mol. The summed E-state index contributed by atoms with van der Waals surface area (Å²) in [5.74, 6) is -0.296. The van der Waals surface area contributed by atoms with Crippen LogP contribution in [0.3, 0.4) is 0 Å². The van der Waals surface area contributed by atoms with Crippen molar-refractivity contribution in [2.75, 3.05) is 18.0 Å². The third kappa shape index (κ3) is 3.16. The molecule has 2 rings (SSSR count). The first-order valence-electron chi connectivity index (χ1n) is 6.75. The number of nitrogens with zero attached hydrogens (tertiary/aromatic N) is 1. The van der Waals surface area contributed by atoms with Crippen LogP contribution < -0.4 is 4.90 Å². The van der Waals surface area contributed by atoms with Crippen LogP contribution in [0.4, 0.5) is 10.1 Å². The molecule has 0 spiro atoms. The Morgan fingerprint density at radius 2 is 2.05 bits per heavy atom. The summed E-state index contributed by atoms with van der Waals surface area (Å²) in [4.78, 5) is 2.19. The zero-order valence-corrected chi connectivity index (χ0v) is 11.9. The van der Waals surface area contributed by atoms with Crippen LogP contribution >= 0.6 is 0 Å². The molecule has 0 atom stereocenters. The zero-order chi connectivity index (χ0) is 14.0. The van der Waals surface area contributed by atoms with E-state index < -0.39 is 0 Å². The summed E-state index contributed by atoms with van der Waals surface area (Å²) in [7, 11) is 0. The molecule has 0 fully saturated rings. The van der Waals surface area contributed by atoms with Gasteiger partial charge in [-0.15, -0.1) is 0 Å². The van der Waals surface area contributed by atoms with Gasteiger partial charge in [-0.3, -0.25) is 0 Å². The van der Waals surface area contributed by atoms with E-state index in [2.05, 4.69) is 31.7 Å². The highest BCUT2D eigenvalue weighted by Crippen LogP contribution is 2.32. The molecule has 1 heterocycles. The monoisotopic (exact) mass is 263 g/mol. The molecule has 1 aliphatic heterocycles. The molecule has 3 heteroatoms. The van der Waals surface area contributed by atoms with Gasteiger partial charge in [0.15, 0.2) is 0 Å². The first-order chi connectivity index (χ1) is 8.91. The van der Waals surface area contributed by atoms with E-state index in [1.807, 2.05) is 0 Å². The van der Waals surface area contributed by atoms with Gasteiger partial charge in [0, 0.05) is 24.3 Å². The largest absolute Gasteiger partial charge is 0.392 e. The van der Waals surface area contributed by atoms with Crippen molar-refractivity contribution in [3.63, 3.8) is 0 Å². The SMILES string of the molecule is CC(C)(C)C1=CCN(c2ccc(F)cc2CO)CC1. The highest BCUT2D eigenvalue weighted by Gasteiger charge is 2.22. The van der Waals surface area contributed by atoms with Crippen LogP contribution in [0.2, 0.25) is 0 Å². The highest BCUT2D eigenvalue weighted by molar-refractivity contribution is 5.55. The van der Waals surface area contributed by atoms with Crippen LogP contribution in [-0.2, 0) is 6.61 Å². The Kier molecular flexibility index (Phi) is 3.95. The van der Waals surface area contributed by atoms with Gasteiger partial charge in [-0.2, -0.15) is 0 Å². The molecule has 0 aliphatic carbocycles. The molecule has 0 saturated heterocycles. The lowest BCUT2D eigenvalue weighted by atomic mass is 9.83. The summed E-state index contributed by atoms with van der Waals surface area (Å²) in [6.45, 7) is 8.30. The van der Waals surface area contributed by atoms with E-state index in [4.69, 9.17) is 0 Å². The molecular weight excluding hydrogens is 241 g/mol. The minimum absolute atomic E-state index is 0.126. The van der Waals surface area contributed by atoms with Crippen molar-refractivity contribution < 1.29 is 9.50 Å². The van der Waals surface area contributed by atoms with E-state index in [1.54, 1.807) is 6.07 Å². The van der Waals surface area contributed by atoms with E-state index in [9.17, 15) is 9.50 Å². The number of hydrogen-bond donors (Lipinski definition) is 1. The molecule has 0 aromatic heterocycles. The zero-order valence-electron chi connectivity index (χ0n) is 11.9. The van der Waals surface area contributed by atoms with Crippen molar-refractivity contribution in [2.24, 2.45) is 5.41 Å². The Labute approximate surface area is 114 Å². The topological polar surface area (TPSA) is 23.5 Å². The second-order valence-corrected chi connectivity index (χ2v) is 6.11. The first kappa shape index (κ1) is 14.1. The van der Waals surface area contributed by atoms with Crippen LogP contribution in [0.5, 0.6) is 0 Å². The Bertz CT molecular complexity index is 488. The van der Waals surface area contributed by atoms with Gasteiger partial charge in [-0.1, -0.05) is 32.4 Å². The molecule has 0 saturated carbocycles. The predicted octanol–water partition coefficient (Wildman–Crippen LogP) is 3.50. The van der Waals surface area contributed by atoms with E-state index in [1.165, 1.54) is 17.7 Å². The van der Waals surface area contributed by atoms with Gasteiger partial charge in [-0.05, 0) is 30.0 Å². The van der Waals surface area contributed by atoms with Gasteiger partial charge in [0.2, 0.25) is 0 Å². The van der Waals surface area contributed by atoms with Crippen LogP contribution in [0.1, 0.15) is 32.8 Å². The second kappa shape index (κ2) is 5.33. The second-order valence-electron chi connectivity index (χ2n) is 6.11. The van der Waals surface area contributed by atoms with Crippen molar-refractivity contribution in [2.45, 2.75) is 33.8 Å². The van der Waals surface area contributed by atoms with Crippen molar-refractivity contribution in [3.05, 3.63) is 41.2 Å². The smallest absolute Gasteiger partial charge is 0.123 e. The van der Waals surface area contributed by atoms with E-state index in [-0.39, 0.29) is 17.8 Å². The van der Waals surface area contributed by atoms with E-state index in [0.29, 0.717) is 5.56 Å². The van der Waals surface area contributed by atoms with Gasteiger partial charge in [0.25, 0.3) is 0 Å². The molecule has 19 heavy (non-hydrogen) atoms. The lowest BCUT2D eigenvalue weighted by Gasteiger charge is -2.34. The van der Waals surface area contributed by atoms with Gasteiger partial charge in [0.1, 0.15) is 5.82 Å². The summed E-state index contributed by atoms with van der Waals surface area (Å²) in [5, 5.41) is 9.35. The average Bonchev–Trinajstić information content (AvgIpc) is 2.37. The minimum Gasteiger partial charge on any atom is -0.392 e. The summed E-state index contributed by atoms with van der Waals surface area (Å²) in [5.41, 5.74) is 3.28. The predicted molar refractivity (Wildman–Crippen MR) is 76.7 cm³/mol. The molecule has 1 aromatic carbocycles. The fraction of sp³-hybridized carbons (Fsp3) is 0.500. The van der Waals surface area contributed by atoms with E-state index in [0.717, 1.165) is 25.2 Å². The maximum atomic E-state index is 13.2. The van der Waals surface area contributed by atoms with Crippen LogP contribution in [0, 0.1) is 11.2 Å². The molecule has 1 aliphatic rings. The van der Waals surface area contributed by atoms with Crippen molar-refractivity contribution in [3.8, 4) is 0 Å². The summed E-state index contributed by atoms with van der Waals surface area (Å²) < 4.78 is 13.2. The number of benzene rings is 1. The fourth-order valence-corrected chi connectivity index (χ4v) is 2.56. The quantitative estimate of drug-likeness (QED) is 0.825. The van der Waals surface area contributed by atoms with Gasteiger partial charge >= 0.3 is 0 Å². The Morgan fingerprint density at radius 3 is 2.58 bits per heavy atom. The van der Waals surface area contributed by atoms with Crippen LogP contribution in [0.25, 0.3) is 0 Å². The van der Waals surface area contributed by atoms with Crippen molar-refractivity contribution in [1.82, 2.24) is 0 Å². The normalized spacial score (nSPS) is 16.5. The summed E-state index contributed by atoms with van der Waals surface area (Å²) in [6.07, 6.45) is 3.28. The maximum Gasteiger partial charge on any atom is 0.123 e. The Hall–Kier alpha value is -1.35. The lowest BCUT2D eigenvalue weighted by Crippen LogP contribution is -2.31. The van der Waals surface area contributed by atoms with Crippen LogP contribution in [0.15, 0.2) is 29.8 Å². The third-order valence-corrected chi connectivity index (χ3v) is 3.73. The molecule has 2 nitrogen and oxygen atoms in total. The molecule has 104 valence electrons. The standard InChI is InChI=1S/C16H22FNO/c1-16(2,3)13-6-8-18(9-7-13)15-5-4-14(17)10-12(15)11-19/h4-6,10,19H,7-9,11H2,1-3H3. The number of aliphatic hydroxyl groups is 1. The molecule has 0 amide bonds. The van der Waals surface area contributed by atoms with Crippen LogP contribution in [-0.4, -0.2) is 18.2 Å².